The number of oxazole rings is 1. The fraction of sp³-hybridized carbons (Fsp3) is 0.0714. The SMILES string of the molecule is O=C(O)c1nc(Cc2ccc3ncc(Cl)cc3c2)co1. The molecule has 3 aromatic rings. The molecule has 0 atom stereocenters. The van der Waals surface area contributed by atoms with E-state index < -0.39 is 5.97 Å². The average molecular weight is 289 g/mol. The number of rotatable bonds is 3. The minimum Gasteiger partial charge on any atom is -0.474 e. The summed E-state index contributed by atoms with van der Waals surface area (Å²) in [5, 5.41) is 10.3. The maximum Gasteiger partial charge on any atom is 0.392 e. The molecule has 0 fully saturated rings. The first kappa shape index (κ1) is 12.6. The van der Waals surface area contributed by atoms with Crippen LogP contribution in [0.2, 0.25) is 5.02 Å². The molecule has 2 aromatic heterocycles. The molecule has 1 N–H and O–H groups in total. The van der Waals surface area contributed by atoms with Gasteiger partial charge in [-0.05, 0) is 23.8 Å². The maximum absolute atomic E-state index is 10.7. The topological polar surface area (TPSA) is 76.2 Å². The van der Waals surface area contributed by atoms with E-state index in [1.807, 2.05) is 24.3 Å². The molecule has 2 heterocycles. The highest BCUT2D eigenvalue weighted by Crippen LogP contribution is 2.19. The molecule has 20 heavy (non-hydrogen) atoms. The molecule has 1 aromatic carbocycles. The van der Waals surface area contributed by atoms with E-state index in [0.717, 1.165) is 16.5 Å². The molecule has 0 aliphatic heterocycles. The van der Waals surface area contributed by atoms with Crippen LogP contribution in [0, 0.1) is 0 Å². The normalized spacial score (nSPS) is 10.8. The highest BCUT2D eigenvalue weighted by Gasteiger charge is 2.11. The van der Waals surface area contributed by atoms with Gasteiger partial charge in [0.25, 0.3) is 0 Å². The number of benzene rings is 1. The summed E-state index contributed by atoms with van der Waals surface area (Å²) < 4.78 is 4.86. The first-order chi connectivity index (χ1) is 9.61. The Morgan fingerprint density at radius 1 is 1.35 bits per heavy atom. The number of carboxylic acid groups (broad SMARTS) is 1. The molecular weight excluding hydrogens is 280 g/mol. The number of carboxylic acids is 1. The summed E-state index contributed by atoms with van der Waals surface area (Å²) in [4.78, 5) is 18.8. The summed E-state index contributed by atoms with van der Waals surface area (Å²) in [7, 11) is 0. The molecule has 0 amide bonds. The molecule has 0 spiro atoms. The second-order valence-electron chi connectivity index (χ2n) is 4.31. The maximum atomic E-state index is 10.7. The van der Waals surface area contributed by atoms with Crippen molar-refractivity contribution >= 4 is 28.5 Å². The molecule has 0 unspecified atom stereocenters. The first-order valence-corrected chi connectivity index (χ1v) is 6.21. The van der Waals surface area contributed by atoms with Crippen molar-refractivity contribution in [1.29, 1.82) is 0 Å². The van der Waals surface area contributed by atoms with Gasteiger partial charge in [-0.3, -0.25) is 4.98 Å². The summed E-state index contributed by atoms with van der Waals surface area (Å²) in [5.74, 6) is -1.48. The number of aromatic nitrogens is 2. The summed E-state index contributed by atoms with van der Waals surface area (Å²) in [6.07, 6.45) is 3.43. The molecule has 0 saturated carbocycles. The largest absolute Gasteiger partial charge is 0.474 e. The van der Waals surface area contributed by atoms with Crippen molar-refractivity contribution in [1.82, 2.24) is 9.97 Å². The van der Waals surface area contributed by atoms with E-state index in [2.05, 4.69) is 9.97 Å². The lowest BCUT2D eigenvalue weighted by atomic mass is 10.1. The Morgan fingerprint density at radius 2 is 2.20 bits per heavy atom. The van der Waals surface area contributed by atoms with Crippen LogP contribution in [0.1, 0.15) is 21.9 Å². The lowest BCUT2D eigenvalue weighted by Crippen LogP contribution is -1.97. The zero-order chi connectivity index (χ0) is 14.1. The van der Waals surface area contributed by atoms with Crippen molar-refractivity contribution in [2.24, 2.45) is 0 Å². The molecule has 3 rings (SSSR count). The molecule has 0 bridgehead atoms. The van der Waals surface area contributed by atoms with Gasteiger partial charge >= 0.3 is 11.9 Å². The smallest absolute Gasteiger partial charge is 0.392 e. The summed E-state index contributed by atoms with van der Waals surface area (Å²) in [6.45, 7) is 0. The van der Waals surface area contributed by atoms with Crippen LogP contribution < -0.4 is 0 Å². The highest BCUT2D eigenvalue weighted by atomic mass is 35.5. The summed E-state index contributed by atoms with van der Waals surface area (Å²) in [6, 6.07) is 7.58. The molecule has 6 heteroatoms. The third-order valence-electron chi connectivity index (χ3n) is 2.83. The van der Waals surface area contributed by atoms with Gasteiger partial charge in [-0.1, -0.05) is 17.7 Å². The number of hydrogen-bond acceptors (Lipinski definition) is 4. The van der Waals surface area contributed by atoms with E-state index in [0.29, 0.717) is 17.1 Å². The minimum atomic E-state index is -1.18. The zero-order valence-electron chi connectivity index (χ0n) is 10.2. The fourth-order valence-electron chi connectivity index (χ4n) is 1.96. The standard InChI is InChI=1S/C14H9ClN2O3/c15-10-5-9-3-8(1-2-12(9)16-6-10)4-11-7-20-13(17-11)14(18)19/h1-3,5-7H,4H2,(H,18,19). The number of nitrogens with zero attached hydrogens (tertiary/aromatic N) is 2. The van der Waals surface area contributed by atoms with E-state index in [4.69, 9.17) is 21.1 Å². The monoisotopic (exact) mass is 288 g/mol. The quantitative estimate of drug-likeness (QED) is 0.801. The predicted molar refractivity (Wildman–Crippen MR) is 73.0 cm³/mol. The molecule has 0 radical (unpaired) electrons. The summed E-state index contributed by atoms with van der Waals surface area (Å²) >= 11 is 5.91. The van der Waals surface area contributed by atoms with E-state index >= 15 is 0 Å². The van der Waals surface area contributed by atoms with Gasteiger partial charge < -0.3 is 9.52 Å². The van der Waals surface area contributed by atoms with Crippen LogP contribution in [-0.2, 0) is 6.42 Å². The number of halogens is 1. The van der Waals surface area contributed by atoms with Crippen LogP contribution in [-0.4, -0.2) is 21.0 Å². The van der Waals surface area contributed by atoms with Gasteiger partial charge in [0.05, 0.1) is 16.2 Å². The Bertz CT molecular complexity index is 798. The van der Waals surface area contributed by atoms with Gasteiger partial charge in [-0.15, -0.1) is 0 Å². The number of aromatic carboxylic acids is 1. The zero-order valence-corrected chi connectivity index (χ0v) is 11.0. The summed E-state index contributed by atoms with van der Waals surface area (Å²) in [5.41, 5.74) is 2.40. The van der Waals surface area contributed by atoms with Crippen LogP contribution in [0.25, 0.3) is 10.9 Å². The third kappa shape index (κ3) is 2.48. The Morgan fingerprint density at radius 3 is 2.95 bits per heavy atom. The molecule has 5 nitrogen and oxygen atoms in total. The van der Waals surface area contributed by atoms with Crippen molar-refractivity contribution in [3.8, 4) is 0 Å². The van der Waals surface area contributed by atoms with Crippen molar-refractivity contribution in [2.45, 2.75) is 6.42 Å². The Kier molecular flexibility index (Phi) is 3.12. The van der Waals surface area contributed by atoms with Crippen molar-refractivity contribution < 1.29 is 14.3 Å². The average Bonchev–Trinajstić information content (AvgIpc) is 2.87. The molecule has 0 saturated heterocycles. The molecule has 100 valence electrons. The molecule has 0 aliphatic carbocycles. The highest BCUT2D eigenvalue weighted by molar-refractivity contribution is 6.31. The predicted octanol–water partition coefficient (Wildman–Crippen LogP) is 3.17. The second-order valence-corrected chi connectivity index (χ2v) is 4.74. The van der Waals surface area contributed by atoms with Crippen molar-refractivity contribution in [3.63, 3.8) is 0 Å². The Labute approximate surface area is 118 Å². The minimum absolute atomic E-state index is 0.300. The van der Waals surface area contributed by atoms with Gasteiger partial charge in [0.2, 0.25) is 0 Å². The van der Waals surface area contributed by atoms with Crippen LogP contribution in [0.5, 0.6) is 0 Å². The lowest BCUT2D eigenvalue weighted by molar-refractivity contribution is 0.0653. The number of fused-ring (bicyclic) bond motifs is 1. The molecular formula is C14H9ClN2O3. The Balaban J connectivity index is 1.91. The number of pyridine rings is 1. The fourth-order valence-corrected chi connectivity index (χ4v) is 2.13. The van der Waals surface area contributed by atoms with E-state index in [1.165, 1.54) is 6.26 Å². The van der Waals surface area contributed by atoms with Crippen molar-refractivity contribution in [3.05, 3.63) is 58.9 Å². The first-order valence-electron chi connectivity index (χ1n) is 5.84. The molecule has 0 aliphatic rings. The lowest BCUT2D eigenvalue weighted by Gasteiger charge is -2.01. The van der Waals surface area contributed by atoms with Crippen LogP contribution in [0.4, 0.5) is 0 Å². The number of carbonyl (C=O) groups is 1. The van der Waals surface area contributed by atoms with Gasteiger partial charge in [-0.2, -0.15) is 0 Å². The van der Waals surface area contributed by atoms with Crippen LogP contribution >= 0.6 is 11.6 Å². The van der Waals surface area contributed by atoms with Crippen molar-refractivity contribution in [2.75, 3.05) is 0 Å². The number of hydrogen-bond donors (Lipinski definition) is 1. The van der Waals surface area contributed by atoms with Gasteiger partial charge in [-0.25, -0.2) is 9.78 Å². The van der Waals surface area contributed by atoms with Gasteiger partial charge in [0.1, 0.15) is 6.26 Å². The second kappa shape index (κ2) is 4.94. The van der Waals surface area contributed by atoms with E-state index in [9.17, 15) is 4.79 Å². The van der Waals surface area contributed by atoms with Gasteiger partial charge in [0.15, 0.2) is 0 Å². The third-order valence-corrected chi connectivity index (χ3v) is 3.04. The van der Waals surface area contributed by atoms with Gasteiger partial charge in [0, 0.05) is 18.0 Å². The van der Waals surface area contributed by atoms with Crippen LogP contribution in [0.15, 0.2) is 41.1 Å². The van der Waals surface area contributed by atoms with Crippen LogP contribution in [0.3, 0.4) is 0 Å². The Hall–Kier alpha value is -2.40. The van der Waals surface area contributed by atoms with E-state index in [-0.39, 0.29) is 5.89 Å². The van der Waals surface area contributed by atoms with E-state index in [1.54, 1.807) is 6.20 Å².